The molecule has 0 amide bonds. The molecule has 1 rings (SSSR count). The zero-order chi connectivity index (χ0) is 11.6. The summed E-state index contributed by atoms with van der Waals surface area (Å²) in [5.74, 6) is 0. The van der Waals surface area contributed by atoms with E-state index in [1.165, 1.54) is 12.1 Å². The number of nitro groups is 1. The van der Waals surface area contributed by atoms with Gasteiger partial charge >= 0.3 is 0 Å². The molecule has 0 bridgehead atoms. The summed E-state index contributed by atoms with van der Waals surface area (Å²) in [6, 6.07) is 3.63. The number of sulfonamides is 1. The highest BCUT2D eigenvalue weighted by Gasteiger charge is 2.16. The molecule has 0 aromatic heterocycles. The van der Waals surface area contributed by atoms with E-state index in [1.54, 1.807) is 0 Å². The minimum Gasteiger partial charge on any atom is -0.277 e. The SMILES string of the molecule is CS(=O)(=O)Nc1cc(Cl)ccc1[N+](=O)[O-]. The first-order valence-electron chi connectivity index (χ1n) is 3.71. The molecular formula is C7H7ClN2O4S. The van der Waals surface area contributed by atoms with E-state index in [0.717, 1.165) is 12.3 Å². The molecule has 0 fully saturated rings. The maximum atomic E-state index is 10.9. The highest BCUT2D eigenvalue weighted by Crippen LogP contribution is 2.28. The van der Waals surface area contributed by atoms with E-state index in [-0.39, 0.29) is 16.4 Å². The van der Waals surface area contributed by atoms with Gasteiger partial charge in [-0.25, -0.2) is 8.42 Å². The molecular weight excluding hydrogens is 244 g/mol. The molecule has 8 heteroatoms. The number of halogens is 1. The van der Waals surface area contributed by atoms with E-state index >= 15 is 0 Å². The minimum absolute atomic E-state index is 0.144. The zero-order valence-electron chi connectivity index (χ0n) is 7.60. The van der Waals surface area contributed by atoms with Crippen molar-refractivity contribution in [2.45, 2.75) is 0 Å². The molecule has 0 atom stereocenters. The van der Waals surface area contributed by atoms with Crippen molar-refractivity contribution in [2.75, 3.05) is 11.0 Å². The summed E-state index contributed by atoms with van der Waals surface area (Å²) in [5, 5.41) is 10.8. The van der Waals surface area contributed by atoms with E-state index in [0.29, 0.717) is 0 Å². The predicted octanol–water partition coefficient (Wildman–Crippen LogP) is 1.62. The van der Waals surface area contributed by atoms with E-state index in [9.17, 15) is 18.5 Å². The third-order valence-corrected chi connectivity index (χ3v) is 2.28. The molecule has 0 unspecified atom stereocenters. The van der Waals surface area contributed by atoms with Crippen LogP contribution >= 0.6 is 11.6 Å². The standard InChI is InChI=1S/C7H7ClN2O4S/c1-15(13,14)9-6-4-5(8)2-3-7(6)10(11)12/h2-4,9H,1H3. The smallest absolute Gasteiger partial charge is 0.277 e. The third kappa shape index (κ3) is 3.37. The Bertz CT molecular complexity index is 500. The summed E-state index contributed by atoms with van der Waals surface area (Å²) in [7, 11) is -3.56. The first-order chi connectivity index (χ1) is 6.79. The van der Waals surface area contributed by atoms with E-state index in [4.69, 9.17) is 11.6 Å². The summed E-state index contributed by atoms with van der Waals surface area (Å²) < 4.78 is 23.8. The number of nitrogens with zero attached hydrogens (tertiary/aromatic N) is 1. The van der Waals surface area contributed by atoms with Crippen molar-refractivity contribution >= 4 is 33.0 Å². The van der Waals surface area contributed by atoms with Crippen LogP contribution < -0.4 is 4.72 Å². The highest BCUT2D eigenvalue weighted by atomic mass is 35.5. The molecule has 1 aromatic rings. The molecule has 6 nitrogen and oxygen atoms in total. The number of rotatable bonds is 3. The Balaban J connectivity index is 3.25. The topological polar surface area (TPSA) is 89.3 Å². The molecule has 1 aromatic carbocycles. The lowest BCUT2D eigenvalue weighted by Gasteiger charge is -2.04. The van der Waals surface area contributed by atoms with Crippen LogP contribution in [0.4, 0.5) is 11.4 Å². The van der Waals surface area contributed by atoms with Crippen LogP contribution in [0.15, 0.2) is 18.2 Å². The van der Waals surface area contributed by atoms with Crippen LogP contribution in [-0.4, -0.2) is 19.6 Å². The Kier molecular flexibility index (Phi) is 3.15. The molecule has 0 aliphatic carbocycles. The van der Waals surface area contributed by atoms with Gasteiger partial charge in [0.25, 0.3) is 5.69 Å². The van der Waals surface area contributed by atoms with Crippen LogP contribution in [0.5, 0.6) is 0 Å². The summed E-state index contributed by atoms with van der Waals surface area (Å²) in [5.41, 5.74) is -0.486. The van der Waals surface area contributed by atoms with E-state index < -0.39 is 14.9 Å². The Morgan fingerprint density at radius 2 is 2.07 bits per heavy atom. The van der Waals surface area contributed by atoms with Gasteiger partial charge in [-0.2, -0.15) is 0 Å². The number of nitro benzene ring substituents is 1. The Morgan fingerprint density at radius 1 is 1.47 bits per heavy atom. The number of hydrogen-bond donors (Lipinski definition) is 1. The second-order valence-corrected chi connectivity index (χ2v) is 4.98. The fourth-order valence-corrected chi connectivity index (χ4v) is 1.68. The second kappa shape index (κ2) is 4.03. The number of anilines is 1. The lowest BCUT2D eigenvalue weighted by atomic mass is 10.3. The molecule has 0 aliphatic heterocycles. The van der Waals surface area contributed by atoms with E-state index in [2.05, 4.69) is 0 Å². The van der Waals surface area contributed by atoms with Crippen LogP contribution in [0.3, 0.4) is 0 Å². The highest BCUT2D eigenvalue weighted by molar-refractivity contribution is 7.92. The van der Waals surface area contributed by atoms with Crippen molar-refractivity contribution in [2.24, 2.45) is 0 Å². The van der Waals surface area contributed by atoms with Gasteiger partial charge in [-0.15, -0.1) is 0 Å². The zero-order valence-corrected chi connectivity index (χ0v) is 9.17. The average Bonchev–Trinajstić information content (AvgIpc) is 1.99. The first kappa shape index (κ1) is 11.7. The number of benzene rings is 1. The largest absolute Gasteiger partial charge is 0.293 e. The fraction of sp³-hybridized carbons (Fsp3) is 0.143. The van der Waals surface area contributed by atoms with Gasteiger partial charge in [-0.05, 0) is 12.1 Å². The lowest BCUT2D eigenvalue weighted by molar-refractivity contribution is -0.383. The number of nitrogens with one attached hydrogen (secondary N) is 1. The van der Waals surface area contributed by atoms with Gasteiger partial charge in [0.2, 0.25) is 10.0 Å². The van der Waals surface area contributed by atoms with Crippen molar-refractivity contribution < 1.29 is 13.3 Å². The Hall–Kier alpha value is -1.34. The summed E-state index contributed by atoms with van der Waals surface area (Å²) in [6.45, 7) is 0. The van der Waals surface area contributed by atoms with Crippen LogP contribution in [0.2, 0.25) is 5.02 Å². The van der Waals surface area contributed by atoms with Crippen molar-refractivity contribution in [1.82, 2.24) is 0 Å². The molecule has 0 spiro atoms. The molecule has 0 radical (unpaired) electrons. The molecule has 15 heavy (non-hydrogen) atoms. The fourth-order valence-electron chi connectivity index (χ4n) is 0.949. The molecule has 82 valence electrons. The second-order valence-electron chi connectivity index (χ2n) is 2.79. The quantitative estimate of drug-likeness (QED) is 0.652. The van der Waals surface area contributed by atoms with Crippen LogP contribution in [-0.2, 0) is 10.0 Å². The predicted molar refractivity (Wildman–Crippen MR) is 56.6 cm³/mol. The maximum absolute atomic E-state index is 10.9. The van der Waals surface area contributed by atoms with Gasteiger partial charge in [-0.1, -0.05) is 11.6 Å². The molecule has 0 aliphatic rings. The Morgan fingerprint density at radius 3 is 2.53 bits per heavy atom. The van der Waals surface area contributed by atoms with Gasteiger partial charge in [0.15, 0.2) is 0 Å². The van der Waals surface area contributed by atoms with Gasteiger partial charge in [0, 0.05) is 11.1 Å². The van der Waals surface area contributed by atoms with Crippen LogP contribution in [0.1, 0.15) is 0 Å². The Labute approximate surface area is 91.1 Å². The van der Waals surface area contributed by atoms with Gasteiger partial charge in [0.05, 0.1) is 11.2 Å². The molecule has 0 saturated carbocycles. The van der Waals surface area contributed by atoms with Crippen LogP contribution in [0.25, 0.3) is 0 Å². The van der Waals surface area contributed by atoms with Gasteiger partial charge in [0.1, 0.15) is 5.69 Å². The monoisotopic (exact) mass is 250 g/mol. The van der Waals surface area contributed by atoms with E-state index in [1.807, 2.05) is 4.72 Å². The summed E-state index contributed by atoms with van der Waals surface area (Å²) >= 11 is 5.59. The normalized spacial score (nSPS) is 11.1. The summed E-state index contributed by atoms with van der Waals surface area (Å²) in [4.78, 5) is 9.86. The van der Waals surface area contributed by atoms with Gasteiger partial charge in [-0.3, -0.25) is 14.8 Å². The van der Waals surface area contributed by atoms with Crippen molar-refractivity contribution in [3.63, 3.8) is 0 Å². The molecule has 1 N–H and O–H groups in total. The molecule has 0 heterocycles. The average molecular weight is 251 g/mol. The summed E-state index contributed by atoms with van der Waals surface area (Å²) in [6.07, 6.45) is 0.900. The van der Waals surface area contributed by atoms with Crippen molar-refractivity contribution in [3.8, 4) is 0 Å². The first-order valence-corrected chi connectivity index (χ1v) is 5.98. The van der Waals surface area contributed by atoms with Crippen molar-refractivity contribution in [1.29, 1.82) is 0 Å². The lowest BCUT2D eigenvalue weighted by Crippen LogP contribution is -2.11. The number of hydrogen-bond acceptors (Lipinski definition) is 4. The minimum atomic E-state index is -3.56. The third-order valence-electron chi connectivity index (χ3n) is 1.45. The molecule has 0 saturated heterocycles. The van der Waals surface area contributed by atoms with Gasteiger partial charge < -0.3 is 0 Å². The maximum Gasteiger partial charge on any atom is 0.293 e. The van der Waals surface area contributed by atoms with Crippen LogP contribution in [0, 0.1) is 10.1 Å². The van der Waals surface area contributed by atoms with Crippen molar-refractivity contribution in [3.05, 3.63) is 33.3 Å².